The number of thiocarbonyl (C=S) groups is 1. The normalized spacial score (nSPS) is 10.6. The minimum absolute atomic E-state index is 0.0272. The Morgan fingerprint density at radius 2 is 1.68 bits per heavy atom. The van der Waals surface area contributed by atoms with Crippen LogP contribution in [0.2, 0.25) is 0 Å². The van der Waals surface area contributed by atoms with E-state index in [1.54, 1.807) is 24.4 Å². The summed E-state index contributed by atoms with van der Waals surface area (Å²) in [4.78, 5) is 16.5. The van der Waals surface area contributed by atoms with Gasteiger partial charge in [-0.15, -0.1) is 0 Å². The van der Waals surface area contributed by atoms with Crippen molar-refractivity contribution in [1.29, 1.82) is 0 Å². The SMILES string of the molecule is COc1cc2nccc(Oc3ccc(NC(=S)NC(=O)Cc4cc(F)ccc4F)c(F)c3)c2cc1OC. The highest BCUT2D eigenvalue weighted by atomic mass is 32.1. The molecule has 0 spiro atoms. The summed E-state index contributed by atoms with van der Waals surface area (Å²) in [6.07, 6.45) is 1.10. The average Bonchev–Trinajstić information content (AvgIpc) is 2.87. The number of nitrogens with zero attached hydrogens (tertiary/aromatic N) is 1. The quantitative estimate of drug-likeness (QED) is 0.307. The van der Waals surface area contributed by atoms with Gasteiger partial charge in [-0.05, 0) is 54.7 Å². The number of aromatic nitrogens is 1. The van der Waals surface area contributed by atoms with E-state index >= 15 is 0 Å². The molecule has 0 radical (unpaired) electrons. The Hall–Kier alpha value is -4.38. The molecule has 2 N–H and O–H groups in total. The van der Waals surface area contributed by atoms with Crippen molar-refractivity contribution in [1.82, 2.24) is 10.3 Å². The number of ether oxygens (including phenoxy) is 3. The number of methoxy groups -OCH3 is 2. The molecule has 0 unspecified atom stereocenters. The van der Waals surface area contributed by atoms with Crippen LogP contribution < -0.4 is 24.8 Å². The molecule has 0 saturated heterocycles. The highest BCUT2D eigenvalue weighted by Crippen LogP contribution is 2.37. The third kappa shape index (κ3) is 6.07. The van der Waals surface area contributed by atoms with E-state index in [0.717, 1.165) is 24.3 Å². The Labute approximate surface area is 215 Å². The van der Waals surface area contributed by atoms with Crippen LogP contribution in [-0.4, -0.2) is 30.2 Å². The molecule has 1 heterocycles. The molecule has 37 heavy (non-hydrogen) atoms. The Morgan fingerprint density at radius 1 is 0.919 bits per heavy atom. The van der Waals surface area contributed by atoms with Crippen LogP contribution in [0.25, 0.3) is 10.9 Å². The Morgan fingerprint density at radius 3 is 2.41 bits per heavy atom. The summed E-state index contributed by atoms with van der Waals surface area (Å²) in [6, 6.07) is 11.9. The lowest BCUT2D eigenvalue weighted by Crippen LogP contribution is -2.35. The molecule has 0 aliphatic heterocycles. The maximum atomic E-state index is 14.8. The Balaban J connectivity index is 1.44. The van der Waals surface area contributed by atoms with E-state index in [2.05, 4.69) is 15.6 Å². The summed E-state index contributed by atoms with van der Waals surface area (Å²) in [5, 5.41) is 5.29. The number of halogens is 3. The summed E-state index contributed by atoms with van der Waals surface area (Å²) in [5.74, 6) is -1.20. The molecule has 7 nitrogen and oxygen atoms in total. The zero-order chi connectivity index (χ0) is 26.5. The first-order valence-corrected chi connectivity index (χ1v) is 11.2. The number of benzene rings is 3. The third-order valence-electron chi connectivity index (χ3n) is 5.24. The fraction of sp³-hybridized carbons (Fsp3) is 0.115. The first kappa shape index (κ1) is 25.7. The van der Waals surface area contributed by atoms with Crippen LogP contribution in [0.1, 0.15) is 5.56 Å². The smallest absolute Gasteiger partial charge is 0.230 e. The standard InChI is InChI=1S/C26H20F3N3O4S/c1-34-23-12-17-21(13-24(23)35-2)30-8-7-22(17)36-16-4-6-20(19(29)11-16)31-26(37)32-25(33)10-14-9-15(27)3-5-18(14)28/h3-9,11-13H,10H2,1-2H3,(H2,31,32,33,37). The minimum Gasteiger partial charge on any atom is -0.493 e. The van der Waals surface area contributed by atoms with Crippen molar-refractivity contribution in [2.75, 3.05) is 19.5 Å². The number of carbonyl (C=O) groups excluding carboxylic acids is 1. The van der Waals surface area contributed by atoms with E-state index in [1.807, 2.05) is 0 Å². The van der Waals surface area contributed by atoms with Gasteiger partial charge in [-0.25, -0.2) is 13.2 Å². The van der Waals surface area contributed by atoms with Gasteiger partial charge in [0.05, 0.1) is 31.8 Å². The van der Waals surface area contributed by atoms with Crippen molar-refractivity contribution >= 4 is 39.8 Å². The van der Waals surface area contributed by atoms with Crippen molar-refractivity contribution in [2.24, 2.45) is 0 Å². The van der Waals surface area contributed by atoms with Crippen molar-refractivity contribution in [3.8, 4) is 23.0 Å². The second kappa shape index (κ2) is 11.1. The lowest BCUT2D eigenvalue weighted by atomic mass is 10.1. The van der Waals surface area contributed by atoms with Gasteiger partial charge in [0, 0.05) is 29.3 Å². The highest BCUT2D eigenvalue weighted by molar-refractivity contribution is 7.80. The van der Waals surface area contributed by atoms with Crippen LogP contribution >= 0.6 is 12.2 Å². The maximum absolute atomic E-state index is 14.8. The summed E-state index contributed by atoms with van der Waals surface area (Å²) < 4.78 is 58.3. The molecule has 4 aromatic rings. The topological polar surface area (TPSA) is 81.7 Å². The van der Waals surface area contributed by atoms with Crippen molar-refractivity contribution in [2.45, 2.75) is 6.42 Å². The lowest BCUT2D eigenvalue weighted by molar-refractivity contribution is -0.119. The van der Waals surface area contributed by atoms with Crippen LogP contribution in [0, 0.1) is 17.5 Å². The predicted octanol–water partition coefficient (Wildman–Crippen LogP) is 5.52. The molecule has 0 fully saturated rings. The van der Waals surface area contributed by atoms with Crippen LogP contribution in [0.5, 0.6) is 23.0 Å². The monoisotopic (exact) mass is 527 g/mol. The fourth-order valence-corrected chi connectivity index (χ4v) is 3.72. The molecule has 11 heteroatoms. The number of nitrogens with one attached hydrogen (secondary N) is 2. The molecule has 0 saturated carbocycles. The molecule has 4 rings (SSSR count). The predicted molar refractivity (Wildman–Crippen MR) is 136 cm³/mol. The first-order chi connectivity index (χ1) is 17.8. The fourth-order valence-electron chi connectivity index (χ4n) is 3.50. The molecule has 3 aromatic carbocycles. The van der Waals surface area contributed by atoms with Gasteiger partial charge in [-0.1, -0.05) is 0 Å². The number of fused-ring (bicyclic) bond motifs is 1. The number of anilines is 1. The summed E-state index contributed by atoms with van der Waals surface area (Å²) in [7, 11) is 3.03. The number of hydrogen-bond acceptors (Lipinski definition) is 6. The summed E-state index contributed by atoms with van der Waals surface area (Å²) >= 11 is 5.04. The van der Waals surface area contributed by atoms with Crippen LogP contribution in [-0.2, 0) is 11.2 Å². The Kier molecular flexibility index (Phi) is 7.73. The van der Waals surface area contributed by atoms with Crippen molar-refractivity contribution in [3.05, 3.63) is 83.8 Å². The number of pyridine rings is 1. The van der Waals surface area contributed by atoms with Gasteiger partial charge < -0.3 is 24.8 Å². The molecule has 0 atom stereocenters. The third-order valence-corrected chi connectivity index (χ3v) is 5.44. The van der Waals surface area contributed by atoms with Gasteiger partial charge in [-0.2, -0.15) is 0 Å². The Bertz CT molecular complexity index is 1500. The van der Waals surface area contributed by atoms with E-state index in [0.29, 0.717) is 28.2 Å². The average molecular weight is 528 g/mol. The van der Waals surface area contributed by atoms with Gasteiger partial charge >= 0.3 is 0 Å². The molecular weight excluding hydrogens is 507 g/mol. The van der Waals surface area contributed by atoms with E-state index in [-0.39, 0.29) is 22.1 Å². The summed E-state index contributed by atoms with van der Waals surface area (Å²) in [6.45, 7) is 0. The van der Waals surface area contributed by atoms with Crippen LogP contribution in [0.3, 0.4) is 0 Å². The number of carbonyl (C=O) groups is 1. The van der Waals surface area contributed by atoms with Crippen LogP contribution in [0.4, 0.5) is 18.9 Å². The van der Waals surface area contributed by atoms with E-state index in [9.17, 15) is 18.0 Å². The van der Waals surface area contributed by atoms with E-state index in [1.165, 1.54) is 26.4 Å². The molecule has 0 aliphatic rings. The van der Waals surface area contributed by atoms with Gasteiger partial charge in [0.1, 0.15) is 29.0 Å². The zero-order valence-corrected chi connectivity index (χ0v) is 20.4. The second-order valence-electron chi connectivity index (χ2n) is 7.69. The highest BCUT2D eigenvalue weighted by Gasteiger charge is 2.14. The van der Waals surface area contributed by atoms with E-state index < -0.39 is 29.8 Å². The maximum Gasteiger partial charge on any atom is 0.230 e. The van der Waals surface area contributed by atoms with E-state index in [4.69, 9.17) is 26.4 Å². The van der Waals surface area contributed by atoms with Gasteiger partial charge in [0.25, 0.3) is 0 Å². The van der Waals surface area contributed by atoms with Gasteiger partial charge in [0.15, 0.2) is 16.6 Å². The molecular formula is C26H20F3N3O4S. The van der Waals surface area contributed by atoms with Crippen molar-refractivity contribution in [3.63, 3.8) is 0 Å². The van der Waals surface area contributed by atoms with Crippen molar-refractivity contribution < 1.29 is 32.2 Å². The number of rotatable bonds is 7. The molecule has 1 amide bonds. The molecule has 0 aliphatic carbocycles. The number of amides is 1. The van der Waals surface area contributed by atoms with Gasteiger partial charge in [-0.3, -0.25) is 9.78 Å². The summed E-state index contributed by atoms with van der Waals surface area (Å²) in [5.41, 5.74) is 0.432. The molecule has 190 valence electrons. The largest absolute Gasteiger partial charge is 0.493 e. The molecule has 0 bridgehead atoms. The molecule has 1 aromatic heterocycles. The lowest BCUT2D eigenvalue weighted by Gasteiger charge is -2.14. The first-order valence-electron chi connectivity index (χ1n) is 10.8. The zero-order valence-electron chi connectivity index (χ0n) is 19.6. The van der Waals surface area contributed by atoms with Gasteiger partial charge in [0.2, 0.25) is 5.91 Å². The van der Waals surface area contributed by atoms with Crippen LogP contribution in [0.15, 0.2) is 60.8 Å². The minimum atomic E-state index is -0.725. The number of hydrogen-bond donors (Lipinski definition) is 2. The second-order valence-corrected chi connectivity index (χ2v) is 8.10.